The zero-order valence-corrected chi connectivity index (χ0v) is 17.2. The number of ether oxygens (including phenoxy) is 2. The first-order valence-corrected chi connectivity index (χ1v) is 10.0. The summed E-state index contributed by atoms with van der Waals surface area (Å²) < 4.78 is 24.5. The summed E-state index contributed by atoms with van der Waals surface area (Å²) in [7, 11) is 0. The Bertz CT molecular complexity index is 1040. The van der Waals surface area contributed by atoms with E-state index in [2.05, 4.69) is 10.3 Å². The van der Waals surface area contributed by atoms with Gasteiger partial charge in [0.1, 0.15) is 5.82 Å². The Morgan fingerprint density at radius 3 is 2.89 bits per heavy atom. The smallest absolute Gasteiger partial charge is 0.258 e. The molecule has 0 radical (unpaired) electrons. The lowest BCUT2D eigenvalue weighted by molar-refractivity contribution is 0.102. The number of anilines is 1. The number of nitrogens with one attached hydrogen (secondary N) is 1. The first-order chi connectivity index (χ1) is 13.0. The van der Waals surface area contributed by atoms with Crippen molar-refractivity contribution in [2.45, 2.75) is 13.3 Å². The van der Waals surface area contributed by atoms with Crippen molar-refractivity contribution in [3.05, 3.63) is 67.5 Å². The molecular weight excluding hydrogens is 482 g/mol. The first kappa shape index (κ1) is 18.2. The molecule has 1 amide bonds. The summed E-state index contributed by atoms with van der Waals surface area (Å²) in [5.41, 5.74) is 2.36. The molecule has 27 heavy (non-hydrogen) atoms. The lowest BCUT2D eigenvalue weighted by Gasteiger charge is -2.04. The Kier molecular flexibility index (Phi) is 5.00. The van der Waals surface area contributed by atoms with E-state index in [0.29, 0.717) is 20.7 Å². The van der Waals surface area contributed by atoms with Gasteiger partial charge in [0.2, 0.25) is 6.79 Å². The molecule has 1 aliphatic heterocycles. The summed E-state index contributed by atoms with van der Waals surface area (Å²) in [5, 5.41) is 3.33. The van der Waals surface area contributed by atoms with Gasteiger partial charge in [-0.15, -0.1) is 11.3 Å². The number of aryl methyl sites for hydroxylation is 1. The normalized spacial score (nSPS) is 12.3. The third-order valence-electron chi connectivity index (χ3n) is 4.09. The maximum absolute atomic E-state index is 13.2. The van der Waals surface area contributed by atoms with E-state index in [-0.39, 0.29) is 18.5 Å². The van der Waals surface area contributed by atoms with Crippen molar-refractivity contribution in [2.75, 3.05) is 12.1 Å². The number of carbonyl (C=O) groups is 1. The fourth-order valence-electron chi connectivity index (χ4n) is 2.72. The summed E-state index contributed by atoms with van der Waals surface area (Å²) in [4.78, 5) is 18.0. The van der Waals surface area contributed by atoms with E-state index in [1.807, 2.05) is 47.7 Å². The molecule has 8 heteroatoms. The summed E-state index contributed by atoms with van der Waals surface area (Å²) in [6, 6.07) is 9.92. The van der Waals surface area contributed by atoms with Crippen LogP contribution in [0.2, 0.25) is 0 Å². The minimum Gasteiger partial charge on any atom is -0.454 e. The predicted octanol–water partition coefficient (Wildman–Crippen LogP) is 4.77. The van der Waals surface area contributed by atoms with Gasteiger partial charge in [-0.2, -0.15) is 0 Å². The van der Waals surface area contributed by atoms with E-state index in [4.69, 9.17) is 9.47 Å². The number of aromatic nitrogens is 1. The van der Waals surface area contributed by atoms with Gasteiger partial charge in [-0.1, -0.05) is 6.07 Å². The molecular formula is C19H14FIN2O3S. The van der Waals surface area contributed by atoms with Crippen LogP contribution < -0.4 is 14.8 Å². The van der Waals surface area contributed by atoms with Gasteiger partial charge >= 0.3 is 0 Å². The lowest BCUT2D eigenvalue weighted by atomic mass is 10.1. The van der Waals surface area contributed by atoms with E-state index in [0.717, 1.165) is 27.6 Å². The molecule has 0 aliphatic carbocycles. The predicted molar refractivity (Wildman–Crippen MR) is 109 cm³/mol. The molecule has 1 N–H and O–H groups in total. The lowest BCUT2D eigenvalue weighted by Crippen LogP contribution is -2.13. The van der Waals surface area contributed by atoms with Gasteiger partial charge in [0.05, 0.1) is 11.3 Å². The maximum Gasteiger partial charge on any atom is 0.258 e. The van der Waals surface area contributed by atoms with Crippen LogP contribution in [-0.4, -0.2) is 17.7 Å². The van der Waals surface area contributed by atoms with Crippen LogP contribution in [0.15, 0.2) is 36.4 Å². The number of hydrogen-bond acceptors (Lipinski definition) is 5. The van der Waals surface area contributed by atoms with Gasteiger partial charge in [-0.05, 0) is 65.4 Å². The molecule has 0 saturated carbocycles. The molecule has 0 fully saturated rings. The first-order valence-electron chi connectivity index (χ1n) is 8.11. The molecule has 0 atom stereocenters. The molecule has 3 aromatic rings. The van der Waals surface area contributed by atoms with E-state index in [1.54, 1.807) is 0 Å². The van der Waals surface area contributed by atoms with Crippen LogP contribution >= 0.6 is 33.9 Å². The zero-order valence-electron chi connectivity index (χ0n) is 14.2. The average molecular weight is 496 g/mol. The van der Waals surface area contributed by atoms with E-state index in [1.165, 1.54) is 29.5 Å². The van der Waals surface area contributed by atoms with Crippen molar-refractivity contribution in [2.24, 2.45) is 0 Å². The van der Waals surface area contributed by atoms with Gasteiger partial charge < -0.3 is 9.47 Å². The number of thiazole rings is 1. The number of halogens is 2. The fourth-order valence-corrected chi connectivity index (χ4v) is 4.43. The number of carbonyl (C=O) groups excluding carboxylic acids is 1. The Morgan fingerprint density at radius 2 is 2.07 bits per heavy atom. The van der Waals surface area contributed by atoms with Crippen LogP contribution in [0.25, 0.3) is 0 Å². The topological polar surface area (TPSA) is 60.5 Å². The van der Waals surface area contributed by atoms with Crippen LogP contribution in [-0.2, 0) is 6.42 Å². The molecule has 0 saturated heterocycles. The van der Waals surface area contributed by atoms with Crippen molar-refractivity contribution in [1.82, 2.24) is 4.98 Å². The van der Waals surface area contributed by atoms with Crippen LogP contribution in [0, 0.1) is 16.3 Å². The number of nitrogens with zero attached hydrogens (tertiary/aromatic N) is 1. The van der Waals surface area contributed by atoms with Crippen molar-refractivity contribution in [1.29, 1.82) is 0 Å². The standard InChI is InChI=1S/C19H14FIN2O3S/c1-10-17(7-11-2-5-15-16(6-11)26-9-25-15)27-19(22-10)23-18(24)13-4-3-12(20)8-14(13)21/h2-6,8H,7,9H2,1H3,(H,22,23,24). The van der Waals surface area contributed by atoms with Crippen molar-refractivity contribution >= 4 is 45.0 Å². The molecule has 138 valence electrons. The minimum absolute atomic E-state index is 0.247. The van der Waals surface area contributed by atoms with Crippen LogP contribution in [0.3, 0.4) is 0 Å². The fraction of sp³-hybridized carbons (Fsp3) is 0.158. The minimum atomic E-state index is -0.368. The number of amides is 1. The van der Waals surface area contributed by atoms with Gasteiger partial charge in [0, 0.05) is 14.9 Å². The van der Waals surface area contributed by atoms with Gasteiger partial charge in [0.25, 0.3) is 5.91 Å². The number of benzene rings is 2. The highest BCUT2D eigenvalue weighted by molar-refractivity contribution is 14.1. The van der Waals surface area contributed by atoms with Crippen LogP contribution in [0.4, 0.5) is 9.52 Å². The number of fused-ring (bicyclic) bond motifs is 1. The highest BCUT2D eigenvalue weighted by Gasteiger charge is 2.17. The Labute approximate surface area is 172 Å². The number of rotatable bonds is 4. The van der Waals surface area contributed by atoms with Crippen molar-refractivity contribution in [3.63, 3.8) is 0 Å². The summed E-state index contributed by atoms with van der Waals surface area (Å²) in [5.74, 6) is 0.825. The second kappa shape index (κ2) is 7.43. The molecule has 5 nitrogen and oxygen atoms in total. The highest BCUT2D eigenvalue weighted by Crippen LogP contribution is 2.34. The third-order valence-corrected chi connectivity index (χ3v) is 6.06. The molecule has 2 heterocycles. The van der Waals surface area contributed by atoms with Crippen LogP contribution in [0.1, 0.15) is 26.5 Å². The van der Waals surface area contributed by atoms with Crippen molar-refractivity contribution in [3.8, 4) is 11.5 Å². The van der Waals surface area contributed by atoms with Crippen molar-refractivity contribution < 1.29 is 18.7 Å². The quantitative estimate of drug-likeness (QED) is 0.529. The summed E-state index contributed by atoms with van der Waals surface area (Å²) >= 11 is 3.37. The molecule has 0 spiro atoms. The molecule has 0 unspecified atom stereocenters. The summed E-state index contributed by atoms with van der Waals surface area (Å²) in [6.07, 6.45) is 0.685. The highest BCUT2D eigenvalue weighted by atomic mass is 127. The molecule has 2 aromatic carbocycles. The molecule has 0 bridgehead atoms. The van der Waals surface area contributed by atoms with Gasteiger partial charge in [-0.3, -0.25) is 10.1 Å². The molecule has 4 rings (SSSR count). The maximum atomic E-state index is 13.2. The second-order valence-corrected chi connectivity index (χ2v) is 8.22. The SMILES string of the molecule is Cc1nc(NC(=O)c2ccc(F)cc2I)sc1Cc1ccc2c(c1)OCO2. The van der Waals surface area contributed by atoms with E-state index >= 15 is 0 Å². The van der Waals surface area contributed by atoms with E-state index < -0.39 is 0 Å². The molecule has 1 aliphatic rings. The average Bonchev–Trinajstić information content (AvgIpc) is 3.21. The van der Waals surface area contributed by atoms with Crippen LogP contribution in [0.5, 0.6) is 11.5 Å². The molecule has 1 aromatic heterocycles. The second-order valence-electron chi connectivity index (χ2n) is 5.97. The third kappa shape index (κ3) is 3.91. The summed E-state index contributed by atoms with van der Waals surface area (Å²) in [6.45, 7) is 2.16. The monoisotopic (exact) mass is 496 g/mol. The Hall–Kier alpha value is -2.20. The number of hydrogen-bond donors (Lipinski definition) is 1. The zero-order chi connectivity index (χ0) is 19.0. The van der Waals surface area contributed by atoms with Gasteiger partial charge in [0.15, 0.2) is 16.6 Å². The Balaban J connectivity index is 1.50. The Morgan fingerprint density at radius 1 is 1.26 bits per heavy atom. The van der Waals surface area contributed by atoms with Gasteiger partial charge in [-0.25, -0.2) is 9.37 Å². The largest absolute Gasteiger partial charge is 0.454 e. The van der Waals surface area contributed by atoms with E-state index in [9.17, 15) is 9.18 Å².